The SMILES string of the molecule is CNCc1ccc([C@@H]2CC3=C4C(=CC(=O)NC[C@@H]4C2)C(F)=N3)cc1. The van der Waals surface area contributed by atoms with Gasteiger partial charge < -0.3 is 10.6 Å². The summed E-state index contributed by atoms with van der Waals surface area (Å²) in [6, 6.07) is 8.58. The van der Waals surface area contributed by atoms with Gasteiger partial charge in [-0.2, -0.15) is 4.39 Å². The molecule has 4 rings (SSSR count). The standard InChI is InChI=1S/C19H20FN3O/c1-21-9-11-2-4-12(5-3-11)13-6-14-10-22-17(24)8-15-18(14)16(7-13)23-19(15)20/h2-5,8,13-14,21H,6-7,9-10H2,1H3,(H,22,24)/t13-,14-/m0/s1. The highest BCUT2D eigenvalue weighted by Gasteiger charge is 2.38. The summed E-state index contributed by atoms with van der Waals surface area (Å²) < 4.78 is 14.2. The molecule has 1 aromatic carbocycles. The van der Waals surface area contributed by atoms with Gasteiger partial charge in [0.2, 0.25) is 11.9 Å². The first-order valence-electron chi connectivity index (χ1n) is 8.36. The number of carbonyl (C=O) groups is 1. The molecule has 0 radical (unpaired) electrons. The van der Waals surface area contributed by atoms with Gasteiger partial charge in [0.25, 0.3) is 0 Å². The third-order valence-corrected chi connectivity index (χ3v) is 5.10. The highest BCUT2D eigenvalue weighted by Crippen LogP contribution is 2.46. The van der Waals surface area contributed by atoms with Crippen molar-refractivity contribution in [3.63, 3.8) is 0 Å². The summed E-state index contributed by atoms with van der Waals surface area (Å²) in [6.07, 6.45) is 2.99. The maximum absolute atomic E-state index is 14.2. The highest BCUT2D eigenvalue weighted by molar-refractivity contribution is 6.07. The first-order valence-corrected chi connectivity index (χ1v) is 8.36. The van der Waals surface area contributed by atoms with Gasteiger partial charge in [0.05, 0.1) is 0 Å². The molecule has 0 saturated carbocycles. The zero-order chi connectivity index (χ0) is 16.7. The van der Waals surface area contributed by atoms with Crippen LogP contribution in [-0.2, 0) is 11.3 Å². The van der Waals surface area contributed by atoms with Crippen LogP contribution in [0, 0.1) is 5.92 Å². The quantitative estimate of drug-likeness (QED) is 0.897. The van der Waals surface area contributed by atoms with Crippen molar-refractivity contribution in [1.82, 2.24) is 10.6 Å². The van der Waals surface area contributed by atoms with Crippen molar-refractivity contribution in [1.29, 1.82) is 0 Å². The van der Waals surface area contributed by atoms with E-state index >= 15 is 0 Å². The van der Waals surface area contributed by atoms with Crippen LogP contribution in [-0.4, -0.2) is 25.5 Å². The van der Waals surface area contributed by atoms with Gasteiger partial charge in [0.1, 0.15) is 0 Å². The summed E-state index contributed by atoms with van der Waals surface area (Å²) in [5.41, 5.74) is 4.65. The average Bonchev–Trinajstić information content (AvgIpc) is 2.78. The number of rotatable bonds is 3. The average molecular weight is 325 g/mol. The van der Waals surface area contributed by atoms with Crippen molar-refractivity contribution < 1.29 is 9.18 Å². The van der Waals surface area contributed by atoms with Crippen molar-refractivity contribution in [2.24, 2.45) is 10.9 Å². The largest absolute Gasteiger partial charge is 0.352 e. The van der Waals surface area contributed by atoms with Crippen LogP contribution in [0.2, 0.25) is 0 Å². The molecular formula is C19H20FN3O. The van der Waals surface area contributed by atoms with Crippen molar-refractivity contribution in [2.75, 3.05) is 13.6 Å². The number of benzene rings is 1. The molecule has 3 aliphatic rings. The Bertz CT molecular complexity index is 776. The lowest BCUT2D eigenvalue weighted by molar-refractivity contribution is -0.116. The van der Waals surface area contributed by atoms with Gasteiger partial charge >= 0.3 is 0 Å². The van der Waals surface area contributed by atoms with Crippen LogP contribution in [0.3, 0.4) is 0 Å². The summed E-state index contributed by atoms with van der Waals surface area (Å²) in [5, 5.41) is 6.01. The van der Waals surface area contributed by atoms with Gasteiger partial charge in [0, 0.05) is 36.4 Å². The minimum absolute atomic E-state index is 0.130. The predicted molar refractivity (Wildman–Crippen MR) is 91.3 cm³/mol. The molecular weight excluding hydrogens is 305 g/mol. The molecule has 1 aromatic rings. The summed E-state index contributed by atoms with van der Waals surface area (Å²) >= 11 is 0. The molecule has 2 heterocycles. The van der Waals surface area contributed by atoms with E-state index in [4.69, 9.17) is 0 Å². The number of amides is 1. The number of halogens is 1. The lowest BCUT2D eigenvalue weighted by Crippen LogP contribution is -2.29. The summed E-state index contributed by atoms with van der Waals surface area (Å²) in [5.74, 6) is -0.299. The normalized spacial score (nSPS) is 25.7. The fraction of sp³-hybridized carbons (Fsp3) is 0.368. The van der Waals surface area contributed by atoms with Crippen LogP contribution in [0.15, 0.2) is 52.2 Å². The molecule has 2 aliphatic heterocycles. The Morgan fingerprint density at radius 3 is 2.83 bits per heavy atom. The smallest absolute Gasteiger partial charge is 0.244 e. The molecule has 1 aliphatic carbocycles. The number of allylic oxidation sites excluding steroid dienone is 2. The summed E-state index contributed by atoms with van der Waals surface area (Å²) in [7, 11) is 1.93. The molecule has 2 atom stereocenters. The minimum Gasteiger partial charge on any atom is -0.352 e. The van der Waals surface area contributed by atoms with Crippen molar-refractivity contribution in [2.45, 2.75) is 25.3 Å². The van der Waals surface area contributed by atoms with E-state index in [1.165, 1.54) is 17.2 Å². The molecule has 2 N–H and O–H groups in total. The van der Waals surface area contributed by atoms with E-state index in [0.717, 1.165) is 30.7 Å². The van der Waals surface area contributed by atoms with Crippen LogP contribution >= 0.6 is 0 Å². The number of hydrogen-bond donors (Lipinski definition) is 2. The molecule has 0 bridgehead atoms. The van der Waals surface area contributed by atoms with Gasteiger partial charge in [0.15, 0.2) is 0 Å². The number of nitrogens with one attached hydrogen (secondary N) is 2. The zero-order valence-electron chi connectivity index (χ0n) is 13.6. The van der Waals surface area contributed by atoms with E-state index in [-0.39, 0.29) is 11.8 Å². The minimum atomic E-state index is -0.507. The molecule has 124 valence electrons. The van der Waals surface area contributed by atoms with E-state index < -0.39 is 5.97 Å². The molecule has 1 amide bonds. The maximum atomic E-state index is 14.2. The van der Waals surface area contributed by atoms with Crippen molar-refractivity contribution in [3.8, 4) is 0 Å². The Labute approximate surface area is 140 Å². The molecule has 4 nitrogen and oxygen atoms in total. The van der Waals surface area contributed by atoms with Gasteiger partial charge in [-0.3, -0.25) is 4.79 Å². The molecule has 0 spiro atoms. The predicted octanol–water partition coefficient (Wildman–Crippen LogP) is 2.59. The number of nitrogens with zero attached hydrogens (tertiary/aromatic N) is 1. The third-order valence-electron chi connectivity index (χ3n) is 5.10. The Hall–Kier alpha value is -2.27. The van der Waals surface area contributed by atoms with Gasteiger partial charge in [-0.25, -0.2) is 4.99 Å². The topological polar surface area (TPSA) is 53.5 Å². The second-order valence-corrected chi connectivity index (χ2v) is 6.67. The first-order chi connectivity index (χ1) is 11.7. The molecule has 0 unspecified atom stereocenters. The van der Waals surface area contributed by atoms with Crippen molar-refractivity contribution in [3.05, 3.63) is 58.3 Å². The number of aliphatic imine (C=N–C) groups is 1. The van der Waals surface area contributed by atoms with Gasteiger partial charge in [-0.1, -0.05) is 24.3 Å². The second kappa shape index (κ2) is 5.98. The van der Waals surface area contributed by atoms with Crippen LogP contribution in [0.1, 0.15) is 29.9 Å². The monoisotopic (exact) mass is 325 g/mol. The zero-order valence-corrected chi connectivity index (χ0v) is 13.6. The maximum Gasteiger partial charge on any atom is 0.244 e. The van der Waals surface area contributed by atoms with Crippen LogP contribution in [0.4, 0.5) is 4.39 Å². The summed E-state index contributed by atoms with van der Waals surface area (Å²) in [4.78, 5) is 15.9. The number of carbonyl (C=O) groups excluding carboxylic acids is 1. The van der Waals surface area contributed by atoms with Gasteiger partial charge in [-0.05, 0) is 42.5 Å². The third kappa shape index (κ3) is 2.59. The van der Waals surface area contributed by atoms with E-state index in [2.05, 4.69) is 39.9 Å². The Morgan fingerprint density at radius 1 is 1.29 bits per heavy atom. The van der Waals surface area contributed by atoms with E-state index in [0.29, 0.717) is 18.0 Å². The lowest BCUT2D eigenvalue weighted by Gasteiger charge is -2.30. The number of hydrogen-bond acceptors (Lipinski definition) is 3. The second-order valence-electron chi connectivity index (χ2n) is 6.67. The Balaban J connectivity index is 1.64. The van der Waals surface area contributed by atoms with Crippen LogP contribution in [0.25, 0.3) is 0 Å². The van der Waals surface area contributed by atoms with E-state index in [9.17, 15) is 9.18 Å². The van der Waals surface area contributed by atoms with Crippen LogP contribution in [0.5, 0.6) is 0 Å². The van der Waals surface area contributed by atoms with Gasteiger partial charge in [-0.15, -0.1) is 0 Å². The fourth-order valence-electron chi connectivity index (χ4n) is 3.99. The van der Waals surface area contributed by atoms with Crippen LogP contribution < -0.4 is 10.6 Å². The molecule has 0 saturated heterocycles. The molecule has 24 heavy (non-hydrogen) atoms. The van der Waals surface area contributed by atoms with E-state index in [1.807, 2.05) is 7.05 Å². The fourth-order valence-corrected chi connectivity index (χ4v) is 3.99. The molecule has 5 heteroatoms. The highest BCUT2D eigenvalue weighted by atomic mass is 19.1. The Morgan fingerprint density at radius 2 is 2.08 bits per heavy atom. The molecule has 0 fully saturated rings. The van der Waals surface area contributed by atoms with E-state index in [1.54, 1.807) is 0 Å². The van der Waals surface area contributed by atoms with Crippen molar-refractivity contribution >= 4 is 11.9 Å². The Kier molecular flexibility index (Phi) is 3.81. The first kappa shape index (κ1) is 15.3. The molecule has 0 aromatic heterocycles. The lowest BCUT2D eigenvalue weighted by atomic mass is 9.75. The summed E-state index contributed by atoms with van der Waals surface area (Å²) in [6.45, 7) is 1.40.